The molecule has 2 N–H and O–H groups in total. The zero-order valence-corrected chi connectivity index (χ0v) is 8.35. The van der Waals surface area contributed by atoms with E-state index in [2.05, 4.69) is 9.97 Å². The fraction of sp³-hybridized carbons (Fsp3) is 0.100. The summed E-state index contributed by atoms with van der Waals surface area (Å²) in [5, 5.41) is 0.685. The standard InChI is InChI=1S/C10H9ClN2O/c1-6-9(13-10(14)12-6)7-2-4-8(11)5-3-7/h2-5H,1H3,(H2,12,13,14). The van der Waals surface area contributed by atoms with Crippen LogP contribution in [0.5, 0.6) is 0 Å². The first-order valence-corrected chi connectivity index (χ1v) is 4.59. The lowest BCUT2D eigenvalue weighted by atomic mass is 10.1. The summed E-state index contributed by atoms with van der Waals surface area (Å²) in [6.45, 7) is 1.85. The van der Waals surface area contributed by atoms with Crippen molar-refractivity contribution < 1.29 is 0 Å². The molecule has 2 aromatic rings. The summed E-state index contributed by atoms with van der Waals surface area (Å²) in [5.74, 6) is 0. The highest BCUT2D eigenvalue weighted by Crippen LogP contribution is 2.20. The molecule has 0 fully saturated rings. The minimum atomic E-state index is -0.188. The third kappa shape index (κ3) is 1.59. The van der Waals surface area contributed by atoms with Gasteiger partial charge in [-0.2, -0.15) is 0 Å². The number of aryl methyl sites for hydroxylation is 1. The van der Waals surface area contributed by atoms with Crippen molar-refractivity contribution in [2.75, 3.05) is 0 Å². The smallest absolute Gasteiger partial charge is 0.310 e. The third-order valence-electron chi connectivity index (χ3n) is 2.05. The molecule has 0 aliphatic heterocycles. The van der Waals surface area contributed by atoms with Crippen LogP contribution in [0.2, 0.25) is 5.02 Å². The molecule has 1 aromatic carbocycles. The predicted octanol–water partition coefficient (Wildman–Crippen LogP) is 2.33. The maximum absolute atomic E-state index is 11.0. The van der Waals surface area contributed by atoms with Crippen molar-refractivity contribution >= 4 is 11.6 Å². The van der Waals surface area contributed by atoms with Gasteiger partial charge in [-0.3, -0.25) is 0 Å². The molecule has 0 amide bonds. The SMILES string of the molecule is Cc1[nH]c(=O)[nH]c1-c1ccc(Cl)cc1. The Bertz CT molecular complexity index is 496. The Morgan fingerprint density at radius 1 is 1.14 bits per heavy atom. The predicted molar refractivity (Wildman–Crippen MR) is 56.6 cm³/mol. The van der Waals surface area contributed by atoms with Crippen molar-refractivity contribution in [1.29, 1.82) is 0 Å². The van der Waals surface area contributed by atoms with Crippen LogP contribution >= 0.6 is 11.6 Å². The summed E-state index contributed by atoms with van der Waals surface area (Å²) in [5.41, 5.74) is 2.40. The Hall–Kier alpha value is -1.48. The highest BCUT2D eigenvalue weighted by molar-refractivity contribution is 6.30. The van der Waals surface area contributed by atoms with E-state index in [0.29, 0.717) is 5.02 Å². The molecule has 0 saturated heterocycles. The summed E-state index contributed by atoms with van der Waals surface area (Å²) in [4.78, 5) is 16.4. The molecule has 0 unspecified atom stereocenters. The number of halogens is 1. The summed E-state index contributed by atoms with van der Waals surface area (Å²) >= 11 is 5.76. The second-order valence-electron chi connectivity index (χ2n) is 3.09. The van der Waals surface area contributed by atoms with Gasteiger partial charge in [0.05, 0.1) is 5.69 Å². The molecule has 1 aromatic heterocycles. The van der Waals surface area contributed by atoms with E-state index in [9.17, 15) is 4.79 Å². The van der Waals surface area contributed by atoms with Gasteiger partial charge >= 0.3 is 5.69 Å². The van der Waals surface area contributed by atoms with Crippen molar-refractivity contribution in [3.63, 3.8) is 0 Å². The first kappa shape index (κ1) is 9.09. The van der Waals surface area contributed by atoms with Crippen molar-refractivity contribution in [2.24, 2.45) is 0 Å². The maximum Gasteiger partial charge on any atom is 0.323 e. The van der Waals surface area contributed by atoms with Crippen LogP contribution in [0.4, 0.5) is 0 Å². The van der Waals surface area contributed by atoms with Crippen LogP contribution in [-0.4, -0.2) is 9.97 Å². The van der Waals surface area contributed by atoms with E-state index in [1.807, 2.05) is 19.1 Å². The monoisotopic (exact) mass is 208 g/mol. The molecule has 3 nitrogen and oxygen atoms in total. The Kier molecular flexibility index (Phi) is 2.17. The molecule has 2 rings (SSSR count). The van der Waals surface area contributed by atoms with E-state index in [1.54, 1.807) is 12.1 Å². The van der Waals surface area contributed by atoms with E-state index >= 15 is 0 Å². The largest absolute Gasteiger partial charge is 0.323 e. The van der Waals surface area contributed by atoms with Gasteiger partial charge in [0, 0.05) is 10.7 Å². The van der Waals surface area contributed by atoms with Gasteiger partial charge in [-0.25, -0.2) is 4.79 Å². The molecular weight excluding hydrogens is 200 g/mol. The number of rotatable bonds is 1. The summed E-state index contributed by atoms with van der Waals surface area (Å²) in [7, 11) is 0. The number of aromatic amines is 2. The average Bonchev–Trinajstić information content (AvgIpc) is 2.47. The zero-order valence-electron chi connectivity index (χ0n) is 7.60. The highest BCUT2D eigenvalue weighted by atomic mass is 35.5. The van der Waals surface area contributed by atoms with Gasteiger partial charge in [0.15, 0.2) is 0 Å². The quantitative estimate of drug-likeness (QED) is 0.743. The van der Waals surface area contributed by atoms with Gasteiger partial charge < -0.3 is 9.97 Å². The lowest BCUT2D eigenvalue weighted by Crippen LogP contribution is -2.00. The lowest BCUT2D eigenvalue weighted by Gasteiger charge is -1.98. The summed E-state index contributed by atoms with van der Waals surface area (Å²) in [6.07, 6.45) is 0. The average molecular weight is 209 g/mol. The Labute approximate surface area is 85.7 Å². The van der Waals surface area contributed by atoms with Gasteiger partial charge in [0.1, 0.15) is 0 Å². The number of imidazole rings is 1. The molecule has 14 heavy (non-hydrogen) atoms. The van der Waals surface area contributed by atoms with Crippen molar-refractivity contribution in [3.05, 3.63) is 45.5 Å². The zero-order chi connectivity index (χ0) is 10.1. The Balaban J connectivity index is 2.54. The minimum Gasteiger partial charge on any atom is -0.310 e. The summed E-state index contributed by atoms with van der Waals surface area (Å²) in [6, 6.07) is 7.33. The van der Waals surface area contributed by atoms with Gasteiger partial charge in [-0.05, 0) is 24.6 Å². The molecule has 0 atom stereocenters. The molecule has 0 aliphatic rings. The first-order chi connectivity index (χ1) is 6.66. The van der Waals surface area contributed by atoms with Crippen molar-refractivity contribution in [1.82, 2.24) is 9.97 Å². The van der Waals surface area contributed by atoms with Crippen molar-refractivity contribution in [3.8, 4) is 11.3 Å². The number of benzene rings is 1. The molecule has 0 spiro atoms. The van der Waals surface area contributed by atoms with Gasteiger partial charge in [-0.1, -0.05) is 23.7 Å². The van der Waals surface area contributed by atoms with Crippen LogP contribution in [0, 0.1) is 6.92 Å². The molecule has 72 valence electrons. The normalized spacial score (nSPS) is 10.4. The van der Waals surface area contributed by atoms with Crippen LogP contribution in [0.1, 0.15) is 5.69 Å². The highest BCUT2D eigenvalue weighted by Gasteiger charge is 2.04. The Morgan fingerprint density at radius 2 is 1.79 bits per heavy atom. The second kappa shape index (κ2) is 3.35. The maximum atomic E-state index is 11.0. The van der Waals surface area contributed by atoms with E-state index in [-0.39, 0.29) is 5.69 Å². The fourth-order valence-electron chi connectivity index (χ4n) is 1.38. The number of nitrogens with one attached hydrogen (secondary N) is 2. The first-order valence-electron chi connectivity index (χ1n) is 4.21. The molecule has 0 saturated carbocycles. The molecule has 0 aliphatic carbocycles. The molecule has 0 radical (unpaired) electrons. The van der Waals surface area contributed by atoms with Crippen LogP contribution in [0.15, 0.2) is 29.1 Å². The number of aromatic nitrogens is 2. The minimum absolute atomic E-state index is 0.188. The van der Waals surface area contributed by atoms with E-state index < -0.39 is 0 Å². The van der Waals surface area contributed by atoms with Gasteiger partial charge in [0.25, 0.3) is 0 Å². The second-order valence-corrected chi connectivity index (χ2v) is 3.52. The number of H-pyrrole nitrogens is 2. The topological polar surface area (TPSA) is 48.6 Å². The van der Waals surface area contributed by atoms with Crippen molar-refractivity contribution in [2.45, 2.75) is 6.92 Å². The van der Waals surface area contributed by atoms with Crippen LogP contribution in [-0.2, 0) is 0 Å². The number of hydrogen-bond donors (Lipinski definition) is 2. The van der Waals surface area contributed by atoms with Gasteiger partial charge in [-0.15, -0.1) is 0 Å². The lowest BCUT2D eigenvalue weighted by molar-refractivity contribution is 1.16. The molecule has 4 heteroatoms. The molecular formula is C10H9ClN2O. The van der Waals surface area contributed by atoms with E-state index in [4.69, 9.17) is 11.6 Å². The van der Waals surface area contributed by atoms with Crippen LogP contribution in [0.25, 0.3) is 11.3 Å². The van der Waals surface area contributed by atoms with Gasteiger partial charge in [0.2, 0.25) is 0 Å². The van der Waals surface area contributed by atoms with Crippen LogP contribution in [0.3, 0.4) is 0 Å². The Morgan fingerprint density at radius 3 is 2.29 bits per heavy atom. The number of hydrogen-bond acceptors (Lipinski definition) is 1. The van der Waals surface area contributed by atoms with E-state index in [0.717, 1.165) is 17.0 Å². The molecule has 1 heterocycles. The third-order valence-corrected chi connectivity index (χ3v) is 2.30. The fourth-order valence-corrected chi connectivity index (χ4v) is 1.50. The van der Waals surface area contributed by atoms with Crippen LogP contribution < -0.4 is 5.69 Å². The molecule has 0 bridgehead atoms. The van der Waals surface area contributed by atoms with E-state index in [1.165, 1.54) is 0 Å². The summed E-state index contributed by atoms with van der Waals surface area (Å²) < 4.78 is 0.